The van der Waals surface area contributed by atoms with Crippen LogP contribution < -0.4 is 9.64 Å². The van der Waals surface area contributed by atoms with Crippen LogP contribution in [0.4, 0.5) is 17.1 Å². The number of aromatic hydroxyl groups is 3. The van der Waals surface area contributed by atoms with Crippen LogP contribution in [0.5, 0.6) is 28.7 Å². The van der Waals surface area contributed by atoms with Crippen molar-refractivity contribution in [2.45, 2.75) is 20.8 Å². The number of nitrogens with zero attached hydrogens (tertiary/aromatic N) is 1. The molecule has 4 aromatic rings. The molecule has 0 saturated heterocycles. The van der Waals surface area contributed by atoms with E-state index in [0.29, 0.717) is 28.6 Å². The molecule has 0 unspecified atom stereocenters. The first kappa shape index (κ1) is 21.1. The molecule has 0 bridgehead atoms. The van der Waals surface area contributed by atoms with Crippen molar-refractivity contribution in [2.24, 2.45) is 0 Å². The van der Waals surface area contributed by atoms with E-state index in [1.54, 1.807) is 47.4 Å². The van der Waals surface area contributed by atoms with Gasteiger partial charge in [-0.2, -0.15) is 0 Å². The Kier molecular flexibility index (Phi) is 5.65. The number of aryl methyl sites for hydroxylation is 3. The highest BCUT2D eigenvalue weighted by Crippen LogP contribution is 2.48. The molecule has 162 valence electrons. The molecule has 3 N–H and O–H groups in total. The lowest BCUT2D eigenvalue weighted by molar-refractivity contribution is 0.411. The zero-order chi connectivity index (χ0) is 22.8. The van der Waals surface area contributed by atoms with Crippen LogP contribution in [-0.4, -0.2) is 15.3 Å². The molecule has 0 heterocycles. The maximum atomic E-state index is 10.8. The van der Waals surface area contributed by atoms with Crippen molar-refractivity contribution in [3.63, 3.8) is 0 Å². The topological polar surface area (TPSA) is 73.2 Å². The Morgan fingerprint density at radius 1 is 0.531 bits per heavy atom. The normalized spacial score (nSPS) is 10.7. The minimum absolute atomic E-state index is 0.0303. The van der Waals surface area contributed by atoms with Crippen LogP contribution in [0.3, 0.4) is 0 Å². The Morgan fingerprint density at radius 2 is 1.03 bits per heavy atom. The molecule has 0 radical (unpaired) electrons. The lowest BCUT2D eigenvalue weighted by Crippen LogP contribution is -2.11. The average molecular weight is 428 g/mol. The largest absolute Gasteiger partial charge is 0.506 e. The van der Waals surface area contributed by atoms with Gasteiger partial charge in [0.25, 0.3) is 0 Å². The van der Waals surface area contributed by atoms with Gasteiger partial charge in [0.15, 0.2) is 17.2 Å². The van der Waals surface area contributed by atoms with Gasteiger partial charge in [-0.3, -0.25) is 4.90 Å². The van der Waals surface area contributed by atoms with Gasteiger partial charge in [-0.1, -0.05) is 30.3 Å². The van der Waals surface area contributed by atoms with Crippen LogP contribution in [0.15, 0.2) is 78.9 Å². The monoisotopic (exact) mass is 427 g/mol. The van der Waals surface area contributed by atoms with Crippen molar-refractivity contribution >= 4 is 17.1 Å². The summed E-state index contributed by atoms with van der Waals surface area (Å²) >= 11 is 0. The van der Waals surface area contributed by atoms with Gasteiger partial charge >= 0.3 is 0 Å². The third-order valence-corrected chi connectivity index (χ3v) is 5.18. The molecular weight excluding hydrogens is 402 g/mol. The minimum Gasteiger partial charge on any atom is -0.506 e. The quantitative estimate of drug-likeness (QED) is 0.320. The van der Waals surface area contributed by atoms with Crippen LogP contribution in [0.1, 0.15) is 16.7 Å². The fraction of sp³-hybridized carbons (Fsp3) is 0.111. The van der Waals surface area contributed by atoms with Crippen molar-refractivity contribution in [1.82, 2.24) is 0 Å². The van der Waals surface area contributed by atoms with E-state index >= 15 is 0 Å². The van der Waals surface area contributed by atoms with Crippen LogP contribution in [-0.2, 0) is 0 Å². The Morgan fingerprint density at radius 3 is 1.56 bits per heavy atom. The molecule has 0 fully saturated rings. The first-order chi connectivity index (χ1) is 15.3. The zero-order valence-electron chi connectivity index (χ0n) is 18.2. The van der Waals surface area contributed by atoms with E-state index in [1.807, 2.05) is 57.2 Å². The van der Waals surface area contributed by atoms with Gasteiger partial charge in [0, 0.05) is 0 Å². The molecule has 5 heteroatoms. The van der Waals surface area contributed by atoms with E-state index in [1.165, 1.54) is 0 Å². The van der Waals surface area contributed by atoms with Crippen LogP contribution in [0.2, 0.25) is 0 Å². The van der Waals surface area contributed by atoms with E-state index < -0.39 is 0 Å². The molecule has 4 aromatic carbocycles. The molecule has 0 aliphatic heterocycles. The molecule has 0 amide bonds. The Balaban J connectivity index is 1.90. The van der Waals surface area contributed by atoms with Crippen LogP contribution in [0, 0.1) is 20.8 Å². The van der Waals surface area contributed by atoms with Crippen molar-refractivity contribution < 1.29 is 20.1 Å². The number of rotatable bonds is 5. The van der Waals surface area contributed by atoms with Gasteiger partial charge in [-0.15, -0.1) is 0 Å². The summed E-state index contributed by atoms with van der Waals surface area (Å²) in [4.78, 5) is 1.74. The summed E-state index contributed by atoms with van der Waals surface area (Å²) in [6, 6.07) is 23.2. The standard InChI is InChI=1S/C27H25NO4/c1-17-8-11-20(23(29)14-17)28(21-12-9-18(2)15-24(21)30)22-6-4-5-7-26(22)32-27-13-10-19(3)16-25(27)31/h4-16,29-31H,1-3H3. The lowest BCUT2D eigenvalue weighted by Gasteiger charge is -2.28. The SMILES string of the molecule is Cc1ccc(Oc2ccccc2N(c2ccc(C)cc2O)c2ccc(C)cc2O)c(O)c1. The number of hydrogen-bond acceptors (Lipinski definition) is 5. The van der Waals surface area contributed by atoms with Gasteiger partial charge < -0.3 is 20.1 Å². The number of benzene rings is 4. The summed E-state index contributed by atoms with van der Waals surface area (Å²) in [7, 11) is 0. The zero-order valence-corrected chi connectivity index (χ0v) is 18.2. The number of phenols is 3. The molecule has 4 rings (SSSR count). The van der Waals surface area contributed by atoms with Gasteiger partial charge in [0.2, 0.25) is 0 Å². The number of anilines is 3. The summed E-state index contributed by atoms with van der Waals surface area (Å²) in [6.45, 7) is 5.68. The predicted molar refractivity (Wildman–Crippen MR) is 127 cm³/mol. The van der Waals surface area contributed by atoms with Crippen LogP contribution in [0.25, 0.3) is 0 Å². The smallest absolute Gasteiger partial charge is 0.169 e. The molecule has 0 spiro atoms. The fourth-order valence-electron chi connectivity index (χ4n) is 3.59. The lowest BCUT2D eigenvalue weighted by atomic mass is 10.1. The first-order valence-corrected chi connectivity index (χ1v) is 10.3. The maximum Gasteiger partial charge on any atom is 0.169 e. The summed E-state index contributed by atoms with van der Waals surface area (Å²) in [5.41, 5.74) is 4.30. The highest BCUT2D eigenvalue weighted by atomic mass is 16.5. The number of ether oxygens (including phenoxy) is 1. The van der Waals surface area contributed by atoms with Crippen molar-refractivity contribution in [2.75, 3.05) is 4.90 Å². The predicted octanol–water partition coefficient (Wildman–Crippen LogP) is 6.99. The van der Waals surface area contributed by atoms with E-state index in [4.69, 9.17) is 4.74 Å². The fourth-order valence-corrected chi connectivity index (χ4v) is 3.59. The third-order valence-electron chi connectivity index (χ3n) is 5.18. The molecule has 0 aliphatic rings. The first-order valence-electron chi connectivity index (χ1n) is 10.3. The Bertz CT molecular complexity index is 1230. The van der Waals surface area contributed by atoms with Gasteiger partial charge in [-0.05, 0) is 86.0 Å². The Hall–Kier alpha value is -4.12. The minimum atomic E-state index is 0.0303. The number of hydrogen-bond donors (Lipinski definition) is 3. The molecule has 0 atom stereocenters. The highest BCUT2D eigenvalue weighted by Gasteiger charge is 2.23. The van der Waals surface area contributed by atoms with Gasteiger partial charge in [-0.25, -0.2) is 0 Å². The van der Waals surface area contributed by atoms with Gasteiger partial charge in [0.05, 0.1) is 17.1 Å². The molecule has 0 aromatic heterocycles. The number of phenolic OH excluding ortho intramolecular Hbond substituents is 3. The van der Waals surface area contributed by atoms with Crippen molar-refractivity contribution in [1.29, 1.82) is 0 Å². The molecule has 0 aliphatic carbocycles. The third kappa shape index (κ3) is 4.18. The summed E-state index contributed by atoms with van der Waals surface area (Å²) in [5, 5.41) is 31.9. The average Bonchev–Trinajstić information content (AvgIpc) is 2.74. The molecule has 5 nitrogen and oxygen atoms in total. The summed E-state index contributed by atoms with van der Waals surface area (Å²) < 4.78 is 6.09. The Labute approximate surface area is 187 Å². The number of para-hydroxylation sites is 2. The second kappa shape index (κ2) is 8.55. The van der Waals surface area contributed by atoms with E-state index in [0.717, 1.165) is 16.7 Å². The molecule has 0 saturated carbocycles. The maximum absolute atomic E-state index is 10.8. The summed E-state index contributed by atoms with van der Waals surface area (Å²) in [6.07, 6.45) is 0. The second-order valence-corrected chi connectivity index (χ2v) is 7.86. The second-order valence-electron chi connectivity index (χ2n) is 7.86. The molecule has 32 heavy (non-hydrogen) atoms. The summed E-state index contributed by atoms with van der Waals surface area (Å²) in [5.74, 6) is 0.925. The van der Waals surface area contributed by atoms with E-state index in [9.17, 15) is 15.3 Å². The van der Waals surface area contributed by atoms with E-state index in [2.05, 4.69) is 0 Å². The van der Waals surface area contributed by atoms with Crippen molar-refractivity contribution in [3.8, 4) is 28.7 Å². The van der Waals surface area contributed by atoms with E-state index in [-0.39, 0.29) is 17.2 Å². The van der Waals surface area contributed by atoms with Crippen molar-refractivity contribution in [3.05, 3.63) is 95.6 Å². The van der Waals surface area contributed by atoms with Crippen LogP contribution >= 0.6 is 0 Å². The molecular formula is C27H25NO4. The highest BCUT2D eigenvalue weighted by molar-refractivity contribution is 5.85. The van der Waals surface area contributed by atoms with Gasteiger partial charge in [0.1, 0.15) is 11.5 Å².